The van der Waals surface area contributed by atoms with E-state index in [4.69, 9.17) is 4.74 Å². The van der Waals surface area contributed by atoms with E-state index < -0.39 is 12.4 Å². The number of anilines is 1. The van der Waals surface area contributed by atoms with Gasteiger partial charge in [-0.05, 0) is 12.5 Å². The normalized spacial score (nSPS) is 24.6. The zero-order chi connectivity index (χ0) is 19.6. The van der Waals surface area contributed by atoms with Gasteiger partial charge in [0.1, 0.15) is 11.2 Å². The minimum atomic E-state index is -0.502. The zero-order valence-corrected chi connectivity index (χ0v) is 15.6. The summed E-state index contributed by atoms with van der Waals surface area (Å²) in [7, 11) is 1.80. The van der Waals surface area contributed by atoms with E-state index in [0.29, 0.717) is 43.0 Å². The second-order valence-corrected chi connectivity index (χ2v) is 7.83. The van der Waals surface area contributed by atoms with Crippen molar-refractivity contribution in [2.75, 3.05) is 49.9 Å². The summed E-state index contributed by atoms with van der Waals surface area (Å²) in [6, 6.07) is 1.43. The second kappa shape index (κ2) is 6.33. The number of ether oxygens (including phenoxy) is 1. The number of hydrogen-bond acceptors (Lipinski definition) is 7. The lowest BCUT2D eigenvalue weighted by atomic mass is 10.1. The molecule has 150 valence electrons. The van der Waals surface area contributed by atoms with Gasteiger partial charge in [-0.25, -0.2) is 4.39 Å². The van der Waals surface area contributed by atoms with Crippen molar-refractivity contribution in [1.29, 1.82) is 0 Å². The fourth-order valence-electron chi connectivity index (χ4n) is 4.70. The Labute approximate surface area is 160 Å². The van der Waals surface area contributed by atoms with Crippen LogP contribution in [0.4, 0.5) is 10.1 Å². The van der Waals surface area contributed by atoms with Crippen molar-refractivity contribution in [3.8, 4) is 5.75 Å². The van der Waals surface area contributed by atoms with E-state index in [1.54, 1.807) is 22.9 Å². The first kappa shape index (κ1) is 17.7. The third-order valence-corrected chi connectivity index (χ3v) is 6.07. The number of rotatable bonds is 2. The topological polar surface area (TPSA) is 81.4 Å². The Hall–Kier alpha value is -2.36. The summed E-state index contributed by atoms with van der Waals surface area (Å²) >= 11 is 0. The molecule has 2 unspecified atom stereocenters. The number of piperazine rings is 1. The number of hydrogen-bond donors (Lipinski definition) is 2. The average molecular weight is 390 g/mol. The Bertz CT molecular complexity index is 1010. The summed E-state index contributed by atoms with van der Waals surface area (Å²) in [6.07, 6.45) is 1.93. The van der Waals surface area contributed by atoms with Crippen molar-refractivity contribution in [2.45, 2.75) is 25.2 Å². The molecule has 1 aromatic carbocycles. The fraction of sp³-hybridized carbons (Fsp3) is 0.526. The van der Waals surface area contributed by atoms with Gasteiger partial charge >= 0.3 is 0 Å². The van der Waals surface area contributed by atoms with Crippen molar-refractivity contribution in [3.05, 3.63) is 33.9 Å². The van der Waals surface area contributed by atoms with E-state index >= 15 is 4.39 Å². The number of pyridine rings is 1. The van der Waals surface area contributed by atoms with Crippen LogP contribution in [0.25, 0.3) is 10.9 Å². The van der Waals surface area contributed by atoms with Gasteiger partial charge in [-0.1, -0.05) is 0 Å². The predicted octanol–water partition coefficient (Wildman–Crippen LogP) is -0.194. The maximum atomic E-state index is 15.2. The third-order valence-electron chi connectivity index (χ3n) is 6.07. The van der Waals surface area contributed by atoms with Crippen LogP contribution in [0.1, 0.15) is 12.0 Å². The van der Waals surface area contributed by atoms with E-state index in [1.165, 1.54) is 6.07 Å². The number of aliphatic hydroxyl groups excluding tert-OH is 2. The van der Waals surface area contributed by atoms with Crippen molar-refractivity contribution < 1.29 is 19.3 Å². The SMILES string of the molecule is CN1COc2c(N3CCN4CC(O)CC4C3)c(F)cc3c(=O)c(CO)cn1c23. The maximum Gasteiger partial charge on any atom is 0.195 e. The van der Waals surface area contributed by atoms with E-state index in [2.05, 4.69) is 4.90 Å². The van der Waals surface area contributed by atoms with Crippen molar-refractivity contribution in [1.82, 2.24) is 9.58 Å². The van der Waals surface area contributed by atoms with Gasteiger partial charge in [-0.15, -0.1) is 0 Å². The minimum absolute atomic E-state index is 0.177. The monoisotopic (exact) mass is 390 g/mol. The highest BCUT2D eigenvalue weighted by Crippen LogP contribution is 2.41. The van der Waals surface area contributed by atoms with Crippen molar-refractivity contribution in [3.63, 3.8) is 0 Å². The molecule has 0 bridgehead atoms. The molecule has 0 spiro atoms. The van der Waals surface area contributed by atoms with E-state index in [9.17, 15) is 15.0 Å². The van der Waals surface area contributed by atoms with Crippen LogP contribution in [-0.2, 0) is 6.61 Å². The molecule has 8 nitrogen and oxygen atoms in total. The summed E-state index contributed by atoms with van der Waals surface area (Å²) in [5, 5.41) is 21.4. The van der Waals surface area contributed by atoms with Crippen LogP contribution >= 0.6 is 0 Å². The molecule has 2 fully saturated rings. The molecule has 1 aromatic heterocycles. The first-order valence-corrected chi connectivity index (χ1v) is 9.50. The first-order valence-electron chi connectivity index (χ1n) is 9.50. The van der Waals surface area contributed by atoms with Crippen LogP contribution in [0.5, 0.6) is 5.75 Å². The number of nitrogens with zero attached hydrogens (tertiary/aromatic N) is 4. The molecule has 0 saturated carbocycles. The smallest absolute Gasteiger partial charge is 0.195 e. The van der Waals surface area contributed by atoms with Gasteiger partial charge in [-0.3, -0.25) is 19.4 Å². The molecule has 2 atom stereocenters. The summed E-state index contributed by atoms with van der Waals surface area (Å²) in [4.78, 5) is 16.9. The molecule has 3 aliphatic heterocycles. The van der Waals surface area contributed by atoms with Gasteiger partial charge in [0, 0.05) is 51.0 Å². The standard InChI is InChI=1S/C19H23FN4O4/c1-21-10-28-19-16-14(18(27)11(9-25)6-24(16)21)5-15(20)17(19)23-3-2-22-8-13(26)4-12(22)7-23/h5-6,12-13,25-26H,2-4,7-10H2,1H3. The lowest BCUT2D eigenvalue weighted by Crippen LogP contribution is -2.50. The van der Waals surface area contributed by atoms with Gasteiger partial charge < -0.3 is 19.8 Å². The number of halogens is 1. The van der Waals surface area contributed by atoms with Crippen LogP contribution < -0.4 is 20.1 Å². The summed E-state index contributed by atoms with van der Waals surface area (Å²) < 4.78 is 22.9. The lowest BCUT2D eigenvalue weighted by molar-refractivity contribution is 0.173. The lowest BCUT2D eigenvalue weighted by Gasteiger charge is -2.40. The first-order chi connectivity index (χ1) is 13.5. The molecular formula is C19H23FN4O4. The van der Waals surface area contributed by atoms with Gasteiger partial charge in [0.05, 0.1) is 18.1 Å². The van der Waals surface area contributed by atoms with Gasteiger partial charge in [0.25, 0.3) is 0 Å². The maximum absolute atomic E-state index is 15.2. The highest BCUT2D eigenvalue weighted by Gasteiger charge is 2.37. The van der Waals surface area contributed by atoms with Crippen LogP contribution in [0.2, 0.25) is 0 Å². The number of aliphatic hydroxyl groups is 2. The van der Waals surface area contributed by atoms with Gasteiger partial charge in [0.2, 0.25) is 0 Å². The van der Waals surface area contributed by atoms with Gasteiger partial charge in [0.15, 0.2) is 23.7 Å². The van der Waals surface area contributed by atoms with Crippen molar-refractivity contribution in [2.24, 2.45) is 0 Å². The molecule has 0 amide bonds. The van der Waals surface area contributed by atoms with Crippen LogP contribution in [-0.4, -0.2) is 71.9 Å². The molecule has 0 aliphatic carbocycles. The molecule has 2 saturated heterocycles. The summed E-state index contributed by atoms with van der Waals surface area (Å²) in [5.41, 5.74) is 0.712. The molecule has 4 heterocycles. The minimum Gasteiger partial charge on any atom is -0.467 e. The largest absolute Gasteiger partial charge is 0.467 e. The highest BCUT2D eigenvalue weighted by molar-refractivity contribution is 5.92. The van der Waals surface area contributed by atoms with E-state index in [0.717, 1.165) is 6.54 Å². The number of benzene rings is 1. The zero-order valence-electron chi connectivity index (χ0n) is 15.6. The Balaban J connectivity index is 1.67. The van der Waals surface area contributed by atoms with Crippen LogP contribution in [0, 0.1) is 5.82 Å². The van der Waals surface area contributed by atoms with Crippen LogP contribution in [0.15, 0.2) is 17.1 Å². The average Bonchev–Trinajstić information content (AvgIpc) is 3.05. The van der Waals surface area contributed by atoms with Crippen molar-refractivity contribution >= 4 is 16.6 Å². The Morgan fingerprint density at radius 1 is 1.32 bits per heavy atom. The molecule has 2 N–H and O–H groups in total. The summed E-state index contributed by atoms with van der Waals surface area (Å²) in [6.45, 7) is 2.43. The molecule has 9 heteroatoms. The number of fused-ring (bicyclic) bond motifs is 1. The molecule has 3 aliphatic rings. The summed E-state index contributed by atoms with van der Waals surface area (Å²) in [5.74, 6) is -0.139. The van der Waals surface area contributed by atoms with Gasteiger partial charge in [-0.2, -0.15) is 0 Å². The predicted molar refractivity (Wildman–Crippen MR) is 102 cm³/mol. The quantitative estimate of drug-likeness (QED) is 0.735. The Morgan fingerprint density at radius 2 is 2.14 bits per heavy atom. The molecule has 5 rings (SSSR count). The highest BCUT2D eigenvalue weighted by atomic mass is 19.1. The Morgan fingerprint density at radius 3 is 2.93 bits per heavy atom. The Kier molecular flexibility index (Phi) is 4.01. The van der Waals surface area contributed by atoms with Crippen LogP contribution in [0.3, 0.4) is 0 Å². The fourth-order valence-corrected chi connectivity index (χ4v) is 4.70. The molecular weight excluding hydrogens is 367 g/mol. The molecule has 28 heavy (non-hydrogen) atoms. The van der Waals surface area contributed by atoms with E-state index in [-0.39, 0.29) is 35.3 Å². The molecule has 0 radical (unpaired) electrons. The third kappa shape index (κ3) is 2.50. The van der Waals surface area contributed by atoms with E-state index in [1.807, 2.05) is 4.90 Å². The number of aromatic nitrogens is 1. The second-order valence-electron chi connectivity index (χ2n) is 7.83. The molecule has 2 aromatic rings.